The zero-order chi connectivity index (χ0) is 31.9. The van der Waals surface area contributed by atoms with Crippen LogP contribution in [-0.2, 0) is 31.1 Å². The van der Waals surface area contributed by atoms with Crippen LogP contribution in [0.2, 0.25) is 5.04 Å². The summed E-state index contributed by atoms with van der Waals surface area (Å²) in [5.74, 6) is 0.677. The van der Waals surface area contributed by atoms with Crippen molar-refractivity contribution in [3.05, 3.63) is 120 Å². The molecule has 1 N–H and O–H groups in total. The number of hydrogen-bond acceptors (Lipinski definition) is 5. The van der Waals surface area contributed by atoms with Crippen molar-refractivity contribution in [2.24, 2.45) is 0 Å². The average molecular weight is 642 g/mol. The fraction of sp³-hybridized carbons (Fsp3) is 0.297. The van der Waals surface area contributed by atoms with Crippen LogP contribution in [0.15, 0.2) is 109 Å². The summed E-state index contributed by atoms with van der Waals surface area (Å²) < 4.78 is 39.6. The third-order valence-electron chi connectivity index (χ3n) is 8.08. The molecule has 0 unspecified atom stereocenters. The molecule has 0 saturated heterocycles. The van der Waals surface area contributed by atoms with Gasteiger partial charge >= 0.3 is 7.60 Å². The van der Waals surface area contributed by atoms with Crippen LogP contribution in [0.1, 0.15) is 45.7 Å². The molecule has 0 atom stereocenters. The summed E-state index contributed by atoms with van der Waals surface area (Å²) in [5.41, 5.74) is 3.15. The highest BCUT2D eigenvalue weighted by atomic mass is 31.2. The lowest BCUT2D eigenvalue weighted by Gasteiger charge is -2.43. The van der Waals surface area contributed by atoms with Gasteiger partial charge in [-0.15, -0.1) is 0 Å². The van der Waals surface area contributed by atoms with Crippen LogP contribution in [0, 0.1) is 0 Å². The van der Waals surface area contributed by atoms with Gasteiger partial charge in [0.1, 0.15) is 17.8 Å². The predicted octanol–water partition coefficient (Wildman–Crippen LogP) is 7.76. The quantitative estimate of drug-likeness (QED) is 0.0992. The van der Waals surface area contributed by atoms with Gasteiger partial charge in [0.15, 0.2) is 0 Å². The molecule has 0 spiro atoms. The van der Waals surface area contributed by atoms with Gasteiger partial charge in [0, 0.05) is 12.0 Å². The second-order valence-corrected chi connectivity index (χ2v) is 18.3. The van der Waals surface area contributed by atoms with Crippen molar-refractivity contribution < 1.29 is 22.8 Å². The molecule has 0 bridgehead atoms. The molecule has 6 nitrogen and oxygen atoms in total. The maximum absolute atomic E-state index is 14.3. The largest absolute Gasteiger partial charge is 0.487 e. The Hall–Kier alpha value is -3.45. The van der Waals surface area contributed by atoms with Crippen molar-refractivity contribution in [1.82, 2.24) is 4.98 Å². The van der Waals surface area contributed by atoms with Crippen molar-refractivity contribution >= 4 is 42.6 Å². The number of fused-ring (bicyclic) bond motifs is 1. The summed E-state index contributed by atoms with van der Waals surface area (Å²) in [6.07, 6.45) is 0.506. The van der Waals surface area contributed by atoms with Crippen LogP contribution < -0.4 is 20.5 Å². The van der Waals surface area contributed by atoms with E-state index in [1.807, 2.05) is 74.5 Å². The topological polar surface area (TPSA) is 69.8 Å². The first-order valence-corrected chi connectivity index (χ1v) is 19.1. The van der Waals surface area contributed by atoms with E-state index in [0.29, 0.717) is 30.8 Å². The number of benzene rings is 4. The van der Waals surface area contributed by atoms with Crippen LogP contribution in [-0.4, -0.2) is 33.1 Å². The first kappa shape index (κ1) is 32.9. The van der Waals surface area contributed by atoms with Gasteiger partial charge in [-0.3, -0.25) is 4.57 Å². The number of H-pyrrole nitrogens is 1. The number of aromatic amines is 1. The molecule has 45 heavy (non-hydrogen) atoms. The minimum Gasteiger partial charge on any atom is -0.487 e. The van der Waals surface area contributed by atoms with E-state index in [9.17, 15) is 4.57 Å². The summed E-state index contributed by atoms with van der Waals surface area (Å²) in [6, 6.07) is 37.2. The van der Waals surface area contributed by atoms with Crippen molar-refractivity contribution in [3.8, 4) is 5.75 Å². The number of hydrogen-bond donors (Lipinski definition) is 1. The lowest BCUT2D eigenvalue weighted by molar-refractivity contribution is 0.229. The van der Waals surface area contributed by atoms with Crippen LogP contribution in [0.4, 0.5) is 0 Å². The molecule has 1 heterocycles. The maximum atomic E-state index is 14.3. The van der Waals surface area contributed by atoms with Gasteiger partial charge in [-0.05, 0) is 52.9 Å². The summed E-state index contributed by atoms with van der Waals surface area (Å²) in [7, 11) is -6.43. The Balaban J connectivity index is 1.57. The molecule has 0 aliphatic heterocycles. The fourth-order valence-electron chi connectivity index (χ4n) is 6.15. The average Bonchev–Trinajstić information content (AvgIpc) is 3.43. The van der Waals surface area contributed by atoms with E-state index in [-0.39, 0.29) is 18.3 Å². The molecule has 8 heteroatoms. The van der Waals surface area contributed by atoms with Gasteiger partial charge in [0.05, 0.1) is 18.7 Å². The molecular formula is C37H44NO5PSi. The van der Waals surface area contributed by atoms with Gasteiger partial charge in [-0.2, -0.15) is 0 Å². The highest BCUT2D eigenvalue weighted by Crippen LogP contribution is 2.49. The summed E-state index contributed by atoms with van der Waals surface area (Å²) in [5, 5.41) is 3.19. The summed E-state index contributed by atoms with van der Waals surface area (Å²) in [4.78, 5) is 3.44. The first-order chi connectivity index (χ1) is 21.7. The highest BCUT2D eigenvalue weighted by molar-refractivity contribution is 7.62. The second-order valence-electron chi connectivity index (χ2n) is 12.0. The zero-order valence-corrected chi connectivity index (χ0v) is 28.8. The molecule has 0 aliphatic carbocycles. The van der Waals surface area contributed by atoms with Crippen LogP contribution in [0.3, 0.4) is 0 Å². The molecule has 236 valence electrons. The van der Waals surface area contributed by atoms with Crippen molar-refractivity contribution in [2.75, 3.05) is 19.8 Å². The lowest BCUT2D eigenvalue weighted by Crippen LogP contribution is -2.66. The smallest absolute Gasteiger partial charge is 0.377 e. The van der Waals surface area contributed by atoms with Gasteiger partial charge in [-0.25, -0.2) is 0 Å². The highest BCUT2D eigenvalue weighted by Gasteiger charge is 2.50. The van der Waals surface area contributed by atoms with E-state index < -0.39 is 15.9 Å². The van der Waals surface area contributed by atoms with Gasteiger partial charge in [-0.1, -0.05) is 124 Å². The number of rotatable bonds is 14. The van der Waals surface area contributed by atoms with Crippen molar-refractivity contribution in [2.45, 2.75) is 52.7 Å². The first-order valence-electron chi connectivity index (χ1n) is 15.7. The van der Waals surface area contributed by atoms with Crippen molar-refractivity contribution in [1.29, 1.82) is 0 Å². The van der Waals surface area contributed by atoms with Crippen LogP contribution >= 0.6 is 7.60 Å². The van der Waals surface area contributed by atoms with E-state index in [4.69, 9.17) is 18.2 Å². The maximum Gasteiger partial charge on any atom is 0.377 e. The number of para-hydroxylation sites is 1. The van der Waals surface area contributed by atoms with Gasteiger partial charge < -0.3 is 23.2 Å². The van der Waals surface area contributed by atoms with Gasteiger partial charge in [0.2, 0.25) is 0 Å². The molecule has 0 aliphatic rings. The number of nitrogens with one attached hydrogen (secondary N) is 1. The van der Waals surface area contributed by atoms with E-state index in [2.05, 4.69) is 74.3 Å². The van der Waals surface area contributed by atoms with Crippen LogP contribution in [0.25, 0.3) is 10.9 Å². The molecule has 5 aromatic rings. The zero-order valence-electron chi connectivity index (χ0n) is 26.9. The predicted molar refractivity (Wildman–Crippen MR) is 187 cm³/mol. The molecule has 0 fully saturated rings. The normalized spacial score (nSPS) is 12.5. The molecule has 0 saturated carbocycles. The monoisotopic (exact) mass is 641 g/mol. The third-order valence-corrected chi connectivity index (χ3v) is 15.2. The molecular weight excluding hydrogens is 597 g/mol. The van der Waals surface area contributed by atoms with E-state index in [1.165, 1.54) is 10.4 Å². The Morgan fingerprint density at radius 2 is 1.29 bits per heavy atom. The number of aromatic nitrogens is 1. The summed E-state index contributed by atoms with van der Waals surface area (Å²) in [6.45, 7) is 11.8. The fourth-order valence-corrected chi connectivity index (χ4v) is 12.5. The molecule has 4 aromatic carbocycles. The second kappa shape index (κ2) is 14.3. The van der Waals surface area contributed by atoms with E-state index in [0.717, 1.165) is 22.0 Å². The molecule has 0 amide bonds. The van der Waals surface area contributed by atoms with E-state index in [1.54, 1.807) is 0 Å². The molecule has 5 rings (SSSR count). The Morgan fingerprint density at radius 1 is 0.733 bits per heavy atom. The minimum atomic E-state index is -3.66. The number of ether oxygens (including phenoxy) is 1. The summed E-state index contributed by atoms with van der Waals surface area (Å²) >= 11 is 0. The minimum absolute atomic E-state index is 0.164. The van der Waals surface area contributed by atoms with Gasteiger partial charge in [0.25, 0.3) is 8.32 Å². The Kier molecular flexibility index (Phi) is 10.5. The van der Waals surface area contributed by atoms with Crippen LogP contribution in [0.5, 0.6) is 5.75 Å². The van der Waals surface area contributed by atoms with Crippen molar-refractivity contribution in [3.63, 3.8) is 0 Å². The third kappa shape index (κ3) is 6.88. The Morgan fingerprint density at radius 3 is 1.82 bits per heavy atom. The Bertz CT molecular complexity index is 1670. The standard InChI is InChI=1S/C37H44NO5PSi/c1-6-41-44(39,42-7-2)36-33(32-24-17-25-34(35(32)38-36)40-28-29-18-11-8-12-19-29)26-27-43-45(37(3,4)5,30-20-13-9-14-21-30)31-22-15-10-16-23-31/h8-25,38H,6-7,26-28H2,1-5H3. The molecule has 0 radical (unpaired) electrons. The molecule has 1 aromatic heterocycles. The SMILES string of the molecule is CCOP(=O)(OCC)c1[nH]c2c(OCc3ccccc3)cccc2c1CCO[Si](c1ccccc1)(c1ccccc1)C(C)(C)C. The van der Waals surface area contributed by atoms with E-state index >= 15 is 0 Å². The Labute approximate surface area is 268 Å². The lowest BCUT2D eigenvalue weighted by atomic mass is 10.1.